The number of carbonyl (C=O) groups is 4. The van der Waals surface area contributed by atoms with Crippen LogP contribution in [0, 0.1) is 17.3 Å². The van der Waals surface area contributed by atoms with E-state index in [9.17, 15) is 37.5 Å². The molecule has 0 aromatic rings. The average Bonchev–Trinajstić information content (AvgIpc) is 3.27. The molecule has 13 heteroatoms. The normalized spacial score (nSPS) is 24.1. The molecular weight excluding hydrogens is 523 g/mol. The van der Waals surface area contributed by atoms with Gasteiger partial charge < -0.3 is 25.4 Å². The Hall–Kier alpha value is -2.25. The number of likely N-dealkylation sites (tertiary alicyclic amines) is 1. The van der Waals surface area contributed by atoms with Crippen LogP contribution in [0.1, 0.15) is 66.2 Å². The van der Waals surface area contributed by atoms with E-state index in [0.29, 0.717) is 32.4 Å². The number of nitrogens with one attached hydrogen (secondary N) is 2. The first-order valence-electron chi connectivity index (χ1n) is 13.4. The Morgan fingerprint density at radius 3 is 2.41 bits per heavy atom. The van der Waals surface area contributed by atoms with E-state index in [2.05, 4.69) is 15.4 Å². The molecule has 3 fully saturated rings. The van der Waals surface area contributed by atoms with Crippen LogP contribution in [0.4, 0.5) is 13.2 Å². The molecule has 1 saturated carbocycles. The van der Waals surface area contributed by atoms with Crippen LogP contribution in [0.25, 0.3) is 0 Å². The van der Waals surface area contributed by atoms with Gasteiger partial charge in [-0.1, -0.05) is 13.8 Å². The van der Waals surface area contributed by atoms with E-state index in [1.165, 1.54) is 4.90 Å². The van der Waals surface area contributed by atoms with Crippen molar-refractivity contribution in [1.29, 1.82) is 0 Å². The molecule has 2 heterocycles. The van der Waals surface area contributed by atoms with E-state index in [1.54, 1.807) is 13.8 Å². The summed E-state index contributed by atoms with van der Waals surface area (Å²) in [7, 11) is 0. The average molecular weight is 564 g/mol. The van der Waals surface area contributed by atoms with Crippen LogP contribution >= 0.6 is 0 Å². The fourth-order valence-electron chi connectivity index (χ4n) is 5.17. The lowest BCUT2D eigenvalue weighted by molar-refractivity contribution is -0.321. The van der Waals surface area contributed by atoms with Crippen LogP contribution in [0.15, 0.2) is 0 Å². The van der Waals surface area contributed by atoms with Crippen LogP contribution in [0.2, 0.25) is 0 Å². The van der Waals surface area contributed by atoms with Gasteiger partial charge in [0.2, 0.25) is 11.8 Å². The number of hydrogen-bond acceptors (Lipinski definition) is 7. The molecule has 1 aliphatic carbocycles. The highest BCUT2D eigenvalue weighted by Crippen LogP contribution is 2.55. The van der Waals surface area contributed by atoms with Crippen molar-refractivity contribution < 1.29 is 46.9 Å². The Bertz CT molecular complexity index is 931. The first-order chi connectivity index (χ1) is 18.0. The van der Waals surface area contributed by atoms with Gasteiger partial charge >= 0.3 is 6.36 Å². The van der Waals surface area contributed by atoms with Crippen LogP contribution in [-0.2, 0) is 28.7 Å². The molecule has 4 atom stereocenters. The zero-order valence-electron chi connectivity index (χ0n) is 22.9. The molecule has 0 aromatic carbocycles. The third kappa shape index (κ3) is 9.14. The summed E-state index contributed by atoms with van der Waals surface area (Å²) in [6.07, 6.45) is -3.36. The summed E-state index contributed by atoms with van der Waals surface area (Å²) in [5, 5.41) is 15.3. The molecule has 0 unspecified atom stereocenters. The summed E-state index contributed by atoms with van der Waals surface area (Å²) in [5.74, 6) is -2.99. The molecule has 3 amide bonds. The van der Waals surface area contributed by atoms with Gasteiger partial charge in [0, 0.05) is 19.0 Å². The van der Waals surface area contributed by atoms with Gasteiger partial charge in [-0.2, -0.15) is 0 Å². The first kappa shape index (κ1) is 31.3. The van der Waals surface area contributed by atoms with Crippen molar-refractivity contribution >= 4 is 23.5 Å². The predicted molar refractivity (Wildman–Crippen MR) is 132 cm³/mol. The molecule has 39 heavy (non-hydrogen) atoms. The van der Waals surface area contributed by atoms with Crippen molar-refractivity contribution in [3.05, 3.63) is 0 Å². The lowest BCUT2D eigenvalue weighted by Crippen LogP contribution is -2.54. The van der Waals surface area contributed by atoms with Gasteiger partial charge in [-0.15, -0.1) is 13.2 Å². The number of ether oxygens (including phenoxy) is 2. The highest BCUT2D eigenvalue weighted by atomic mass is 19.4. The zero-order chi connectivity index (χ0) is 29.2. The number of rotatable bonds is 13. The van der Waals surface area contributed by atoms with Crippen molar-refractivity contribution in [2.45, 2.75) is 96.4 Å². The minimum Gasteiger partial charge on any atom is -0.388 e. The number of halogens is 3. The minimum absolute atomic E-state index is 0.0821. The van der Waals surface area contributed by atoms with Gasteiger partial charge in [0.05, 0.1) is 18.2 Å². The van der Waals surface area contributed by atoms with Gasteiger partial charge in [0.25, 0.3) is 5.91 Å². The molecule has 2 saturated heterocycles. The molecule has 10 nitrogen and oxygen atoms in total. The number of amides is 3. The Morgan fingerprint density at radius 1 is 1.23 bits per heavy atom. The molecule has 0 radical (unpaired) electrons. The molecule has 0 aromatic heterocycles. The monoisotopic (exact) mass is 563 g/mol. The topological polar surface area (TPSA) is 134 Å². The molecule has 3 aliphatic rings. The summed E-state index contributed by atoms with van der Waals surface area (Å²) in [6, 6.07) is -2.34. The third-order valence-corrected chi connectivity index (χ3v) is 7.42. The number of carbonyl (C=O) groups excluding carboxylic acids is 4. The summed E-state index contributed by atoms with van der Waals surface area (Å²) < 4.78 is 47.3. The van der Waals surface area contributed by atoms with Crippen LogP contribution < -0.4 is 10.6 Å². The summed E-state index contributed by atoms with van der Waals surface area (Å²) in [5.41, 5.74) is -1.39. The highest BCUT2D eigenvalue weighted by molar-refractivity contribution is 5.95. The van der Waals surface area contributed by atoms with E-state index < -0.39 is 60.3 Å². The van der Waals surface area contributed by atoms with Crippen molar-refractivity contribution in [2.24, 2.45) is 17.3 Å². The van der Waals surface area contributed by atoms with Crippen LogP contribution in [-0.4, -0.2) is 90.0 Å². The maximum absolute atomic E-state index is 13.7. The second-order valence-corrected chi connectivity index (χ2v) is 12.2. The van der Waals surface area contributed by atoms with Crippen molar-refractivity contribution in [3.63, 3.8) is 0 Å². The Balaban J connectivity index is 1.77. The largest absolute Gasteiger partial charge is 0.522 e. The van der Waals surface area contributed by atoms with E-state index in [4.69, 9.17) is 4.74 Å². The van der Waals surface area contributed by atoms with Crippen molar-refractivity contribution in [2.75, 3.05) is 26.3 Å². The molecule has 1 spiro atoms. The second kappa shape index (κ2) is 12.1. The zero-order valence-corrected chi connectivity index (χ0v) is 22.9. The van der Waals surface area contributed by atoms with E-state index >= 15 is 0 Å². The fraction of sp³-hybridized carbons (Fsp3) is 0.846. The second-order valence-electron chi connectivity index (χ2n) is 12.2. The number of hydrogen-bond donors (Lipinski definition) is 3. The lowest BCUT2D eigenvalue weighted by atomic mass is 9.95. The molecule has 0 bridgehead atoms. The number of Topliss-reactive ketones (excluding diaryl/α,β-unsaturated/α-hetero) is 1. The number of nitrogens with zero attached hydrogens (tertiary/aromatic N) is 1. The summed E-state index contributed by atoms with van der Waals surface area (Å²) in [6.45, 7) is 6.24. The van der Waals surface area contributed by atoms with Crippen LogP contribution in [0.3, 0.4) is 0 Å². The van der Waals surface area contributed by atoms with E-state index in [-0.39, 0.29) is 30.3 Å². The van der Waals surface area contributed by atoms with Gasteiger partial charge in [0.1, 0.15) is 18.8 Å². The molecule has 2 aliphatic heterocycles. The van der Waals surface area contributed by atoms with Crippen molar-refractivity contribution in [1.82, 2.24) is 15.5 Å². The Kier molecular flexibility index (Phi) is 9.70. The number of alkyl halides is 3. The lowest BCUT2D eigenvalue weighted by Gasteiger charge is -2.31. The van der Waals surface area contributed by atoms with Gasteiger partial charge in [-0.25, -0.2) is 0 Å². The summed E-state index contributed by atoms with van der Waals surface area (Å²) in [4.78, 5) is 53.4. The molecular formula is C26H40F3N3O7. The van der Waals surface area contributed by atoms with E-state index in [0.717, 1.165) is 12.8 Å². The molecule has 222 valence electrons. The van der Waals surface area contributed by atoms with Crippen molar-refractivity contribution in [3.8, 4) is 0 Å². The predicted octanol–water partition coefficient (Wildman–Crippen LogP) is 1.69. The SMILES string of the molecule is CC(C)C[C@@H](OCC(C)(C)O)C(=O)N1CC2(CC2)C[C@H]1C(=O)N[C@@H](C[C@@H]1CCNC1=O)C(=O)COC(F)(F)F. The number of ketones is 1. The number of aliphatic hydroxyl groups is 1. The Labute approximate surface area is 226 Å². The Morgan fingerprint density at radius 2 is 1.90 bits per heavy atom. The van der Waals surface area contributed by atoms with Gasteiger partial charge in [0.15, 0.2) is 5.78 Å². The van der Waals surface area contributed by atoms with E-state index in [1.807, 2.05) is 13.8 Å². The van der Waals surface area contributed by atoms with Gasteiger partial charge in [-0.3, -0.25) is 23.9 Å². The first-order valence-corrected chi connectivity index (χ1v) is 13.4. The fourth-order valence-corrected chi connectivity index (χ4v) is 5.17. The summed E-state index contributed by atoms with van der Waals surface area (Å²) >= 11 is 0. The quantitative estimate of drug-likeness (QED) is 0.311. The highest BCUT2D eigenvalue weighted by Gasteiger charge is 2.56. The van der Waals surface area contributed by atoms with Gasteiger partial charge in [-0.05, 0) is 63.7 Å². The molecule has 3 N–H and O–H groups in total. The molecule has 3 rings (SSSR count). The maximum Gasteiger partial charge on any atom is 0.522 e. The third-order valence-electron chi connectivity index (χ3n) is 7.42. The minimum atomic E-state index is -5.03. The van der Waals surface area contributed by atoms with Crippen LogP contribution in [0.5, 0.6) is 0 Å². The standard InChI is InChI=1S/C26H40F3N3O7/c1-15(2)9-20(38-14-24(3,4)37)23(36)32-13-25(6-7-25)11-18(32)22(35)31-17(10-16-5-8-30-21(16)34)19(33)12-39-26(27,28)29/h15-18,20,37H,5-14H2,1-4H3,(H,30,34)(H,31,35)/t16-,17-,18-,20+/m0/s1. The smallest absolute Gasteiger partial charge is 0.388 e. The maximum atomic E-state index is 13.7.